The second kappa shape index (κ2) is 3.06. The van der Waals surface area contributed by atoms with Crippen molar-refractivity contribution in [1.82, 2.24) is 9.55 Å². The highest BCUT2D eigenvalue weighted by atomic mass is 16.6. The summed E-state index contributed by atoms with van der Waals surface area (Å²) in [5, 5.41) is 13.8. The van der Waals surface area contributed by atoms with Crippen LogP contribution in [0.1, 0.15) is 5.82 Å². The number of hydrogen-bond acceptors (Lipinski definition) is 4. The van der Waals surface area contributed by atoms with Crippen molar-refractivity contribution in [2.75, 3.05) is 5.32 Å². The van der Waals surface area contributed by atoms with E-state index in [1.54, 1.807) is 12.3 Å². The highest BCUT2D eigenvalue weighted by Gasteiger charge is 2.18. The van der Waals surface area contributed by atoms with Gasteiger partial charge in [-0.05, 0) is 6.07 Å². The van der Waals surface area contributed by atoms with Crippen molar-refractivity contribution in [3.05, 3.63) is 46.5 Å². The molecule has 80 valence electrons. The largest absolute Gasteiger partial charge is 0.376 e. The number of rotatable bonds is 1. The van der Waals surface area contributed by atoms with Gasteiger partial charge in [-0.25, -0.2) is 4.98 Å². The Labute approximate surface area is 90.7 Å². The van der Waals surface area contributed by atoms with E-state index < -0.39 is 4.92 Å². The summed E-state index contributed by atoms with van der Waals surface area (Å²) < 4.78 is 1.93. The van der Waals surface area contributed by atoms with Crippen LogP contribution < -0.4 is 5.32 Å². The number of benzene rings is 1. The molecule has 6 heteroatoms. The molecule has 0 radical (unpaired) electrons. The zero-order valence-electron chi connectivity index (χ0n) is 8.25. The van der Waals surface area contributed by atoms with Crippen LogP contribution in [-0.4, -0.2) is 14.5 Å². The van der Waals surface area contributed by atoms with Gasteiger partial charge in [-0.15, -0.1) is 0 Å². The number of anilines is 1. The van der Waals surface area contributed by atoms with E-state index in [4.69, 9.17) is 0 Å². The van der Waals surface area contributed by atoms with Gasteiger partial charge >= 0.3 is 0 Å². The number of non-ortho nitro benzene ring substituents is 1. The van der Waals surface area contributed by atoms with Gasteiger partial charge < -0.3 is 9.88 Å². The van der Waals surface area contributed by atoms with Gasteiger partial charge in [0.1, 0.15) is 5.82 Å². The Kier molecular flexibility index (Phi) is 1.70. The topological polar surface area (TPSA) is 73.0 Å². The number of nitro groups is 1. The molecule has 16 heavy (non-hydrogen) atoms. The van der Waals surface area contributed by atoms with E-state index in [0.717, 1.165) is 17.2 Å². The first-order chi connectivity index (χ1) is 7.75. The fourth-order valence-electron chi connectivity index (χ4n) is 1.85. The second-order valence-electron chi connectivity index (χ2n) is 3.53. The van der Waals surface area contributed by atoms with Gasteiger partial charge in [-0.3, -0.25) is 10.1 Å². The lowest BCUT2D eigenvalue weighted by atomic mass is 10.2. The smallest absolute Gasteiger partial charge is 0.271 e. The first-order valence-corrected chi connectivity index (χ1v) is 4.80. The molecule has 0 saturated carbocycles. The highest BCUT2D eigenvalue weighted by Crippen LogP contribution is 2.29. The van der Waals surface area contributed by atoms with E-state index in [9.17, 15) is 10.1 Å². The molecule has 1 aromatic heterocycles. The third kappa shape index (κ3) is 1.16. The SMILES string of the molecule is O=[N+]([O-])c1ccc2c(c1)NCc1nccn1-2. The van der Waals surface area contributed by atoms with Crippen LogP contribution >= 0.6 is 0 Å². The molecular formula is C10H8N4O2. The van der Waals surface area contributed by atoms with E-state index in [1.165, 1.54) is 12.1 Å². The lowest BCUT2D eigenvalue weighted by Crippen LogP contribution is -2.15. The zero-order chi connectivity index (χ0) is 11.1. The normalized spacial score (nSPS) is 12.5. The van der Waals surface area contributed by atoms with Crippen LogP contribution in [0.5, 0.6) is 0 Å². The second-order valence-corrected chi connectivity index (χ2v) is 3.53. The molecule has 0 unspecified atom stereocenters. The van der Waals surface area contributed by atoms with Crippen molar-refractivity contribution in [3.8, 4) is 5.69 Å². The predicted molar refractivity (Wildman–Crippen MR) is 57.5 cm³/mol. The van der Waals surface area contributed by atoms with Gasteiger partial charge in [0.25, 0.3) is 5.69 Å². The monoisotopic (exact) mass is 216 g/mol. The number of nitro benzene ring substituents is 1. The molecule has 2 heterocycles. The Morgan fingerprint density at radius 2 is 2.38 bits per heavy atom. The van der Waals surface area contributed by atoms with Crippen LogP contribution in [0.15, 0.2) is 30.6 Å². The predicted octanol–water partition coefficient (Wildman–Crippen LogP) is 1.71. The summed E-state index contributed by atoms with van der Waals surface area (Å²) in [6.45, 7) is 0.584. The van der Waals surface area contributed by atoms with Crippen molar-refractivity contribution in [2.24, 2.45) is 0 Å². The summed E-state index contributed by atoms with van der Waals surface area (Å²) in [5.74, 6) is 0.904. The Bertz CT molecular complexity index is 576. The van der Waals surface area contributed by atoms with Crippen molar-refractivity contribution < 1.29 is 4.92 Å². The molecule has 1 N–H and O–H groups in total. The van der Waals surface area contributed by atoms with Crippen LogP contribution in [0.25, 0.3) is 5.69 Å². The molecule has 0 spiro atoms. The molecule has 0 amide bonds. The Balaban J connectivity index is 2.17. The minimum atomic E-state index is -0.397. The van der Waals surface area contributed by atoms with Crippen LogP contribution in [0.2, 0.25) is 0 Å². The Hall–Kier alpha value is -2.37. The molecule has 0 atom stereocenters. The molecule has 1 aromatic carbocycles. The quantitative estimate of drug-likeness (QED) is 0.581. The van der Waals surface area contributed by atoms with Crippen LogP contribution in [-0.2, 0) is 6.54 Å². The van der Waals surface area contributed by atoms with Gasteiger partial charge in [0.2, 0.25) is 0 Å². The Morgan fingerprint density at radius 3 is 3.19 bits per heavy atom. The third-order valence-electron chi connectivity index (χ3n) is 2.60. The fraction of sp³-hybridized carbons (Fsp3) is 0.100. The molecule has 0 saturated heterocycles. The first-order valence-electron chi connectivity index (χ1n) is 4.80. The van der Waals surface area contributed by atoms with Gasteiger partial charge in [0, 0.05) is 24.5 Å². The van der Waals surface area contributed by atoms with Crippen LogP contribution in [0.4, 0.5) is 11.4 Å². The van der Waals surface area contributed by atoms with Gasteiger partial charge in [-0.2, -0.15) is 0 Å². The van der Waals surface area contributed by atoms with E-state index in [-0.39, 0.29) is 5.69 Å². The Morgan fingerprint density at radius 1 is 1.50 bits per heavy atom. The highest BCUT2D eigenvalue weighted by molar-refractivity contribution is 5.67. The lowest BCUT2D eigenvalue weighted by molar-refractivity contribution is -0.384. The average molecular weight is 216 g/mol. The van der Waals surface area contributed by atoms with E-state index in [1.807, 2.05) is 10.8 Å². The summed E-state index contributed by atoms with van der Waals surface area (Å²) in [6.07, 6.45) is 3.56. The number of hydrogen-bond donors (Lipinski definition) is 1. The van der Waals surface area contributed by atoms with Crippen molar-refractivity contribution in [3.63, 3.8) is 0 Å². The van der Waals surface area contributed by atoms with E-state index in [0.29, 0.717) is 6.54 Å². The minimum absolute atomic E-state index is 0.0924. The maximum Gasteiger partial charge on any atom is 0.271 e. The summed E-state index contributed by atoms with van der Waals surface area (Å²) in [6, 6.07) is 4.76. The van der Waals surface area contributed by atoms with E-state index >= 15 is 0 Å². The number of imidazole rings is 1. The standard InChI is InChI=1S/C10H8N4O2/c15-14(16)7-1-2-9-8(5-7)12-6-10-11-3-4-13(9)10/h1-5,12H,6H2. The summed E-state index contributed by atoms with van der Waals surface area (Å²) >= 11 is 0. The molecule has 2 aromatic rings. The minimum Gasteiger partial charge on any atom is -0.376 e. The van der Waals surface area contributed by atoms with Crippen molar-refractivity contribution >= 4 is 11.4 Å². The first kappa shape index (κ1) is 8.90. The van der Waals surface area contributed by atoms with Gasteiger partial charge in [0.05, 0.1) is 22.8 Å². The fourth-order valence-corrected chi connectivity index (χ4v) is 1.85. The molecule has 6 nitrogen and oxygen atoms in total. The van der Waals surface area contributed by atoms with Crippen molar-refractivity contribution in [2.45, 2.75) is 6.54 Å². The van der Waals surface area contributed by atoms with Gasteiger partial charge in [0.15, 0.2) is 0 Å². The number of aromatic nitrogens is 2. The number of nitrogens with zero attached hydrogens (tertiary/aromatic N) is 3. The van der Waals surface area contributed by atoms with Gasteiger partial charge in [-0.1, -0.05) is 0 Å². The molecule has 0 fully saturated rings. The molecule has 0 aliphatic carbocycles. The molecule has 0 bridgehead atoms. The molecular weight excluding hydrogens is 208 g/mol. The number of nitrogens with one attached hydrogen (secondary N) is 1. The van der Waals surface area contributed by atoms with Crippen LogP contribution in [0, 0.1) is 10.1 Å². The molecule has 3 rings (SSSR count). The lowest BCUT2D eigenvalue weighted by Gasteiger charge is -2.19. The zero-order valence-corrected chi connectivity index (χ0v) is 8.25. The van der Waals surface area contributed by atoms with Crippen LogP contribution in [0.3, 0.4) is 0 Å². The maximum atomic E-state index is 10.6. The average Bonchev–Trinajstić information content (AvgIpc) is 2.76. The van der Waals surface area contributed by atoms with E-state index in [2.05, 4.69) is 10.3 Å². The molecule has 1 aliphatic rings. The third-order valence-corrected chi connectivity index (χ3v) is 2.60. The van der Waals surface area contributed by atoms with Crippen molar-refractivity contribution in [1.29, 1.82) is 0 Å². The molecule has 1 aliphatic heterocycles. The summed E-state index contributed by atoms with van der Waals surface area (Å²) in [7, 11) is 0. The summed E-state index contributed by atoms with van der Waals surface area (Å²) in [4.78, 5) is 14.4. The number of fused-ring (bicyclic) bond motifs is 3. The summed E-state index contributed by atoms with van der Waals surface area (Å²) in [5.41, 5.74) is 1.75. The maximum absolute atomic E-state index is 10.6.